The van der Waals surface area contributed by atoms with Gasteiger partial charge >= 0.3 is 0 Å². The van der Waals surface area contributed by atoms with Crippen LogP contribution in [0.5, 0.6) is 5.88 Å². The molecule has 1 aliphatic heterocycles. The Kier molecular flexibility index (Phi) is 4.34. The number of aromatic amines is 1. The topological polar surface area (TPSA) is 91.9 Å². The molecule has 0 aliphatic carbocycles. The van der Waals surface area contributed by atoms with Gasteiger partial charge in [-0.1, -0.05) is 6.07 Å². The van der Waals surface area contributed by atoms with Crippen LogP contribution in [0.1, 0.15) is 34.2 Å². The molecule has 1 aliphatic rings. The van der Waals surface area contributed by atoms with E-state index in [1.165, 1.54) is 0 Å². The van der Waals surface area contributed by atoms with E-state index in [2.05, 4.69) is 25.8 Å². The molecule has 22 heavy (non-hydrogen) atoms. The van der Waals surface area contributed by atoms with Gasteiger partial charge in [0.25, 0.3) is 5.91 Å². The average Bonchev–Trinajstić information content (AvgIpc) is 2.98. The van der Waals surface area contributed by atoms with Crippen LogP contribution in [0.2, 0.25) is 0 Å². The molecule has 0 unspecified atom stereocenters. The van der Waals surface area contributed by atoms with E-state index in [0.29, 0.717) is 31.3 Å². The lowest BCUT2D eigenvalue weighted by molar-refractivity contribution is 0.0944. The van der Waals surface area contributed by atoms with Crippen molar-refractivity contribution in [2.24, 2.45) is 0 Å². The fraction of sp³-hybridized carbons (Fsp3) is 0.400. The summed E-state index contributed by atoms with van der Waals surface area (Å²) in [6.07, 6.45) is 2.54. The van der Waals surface area contributed by atoms with E-state index in [1.807, 2.05) is 19.1 Å². The summed E-state index contributed by atoms with van der Waals surface area (Å²) in [5.41, 5.74) is 3.31. The van der Waals surface area contributed by atoms with Crippen molar-refractivity contribution >= 4 is 5.91 Å². The summed E-state index contributed by atoms with van der Waals surface area (Å²) >= 11 is 0. The summed E-state index contributed by atoms with van der Waals surface area (Å²) in [5, 5.41) is 13.2. The third kappa shape index (κ3) is 2.94. The summed E-state index contributed by atoms with van der Waals surface area (Å²) in [6.45, 7) is 4.38. The second-order valence-corrected chi connectivity index (χ2v) is 5.04. The Morgan fingerprint density at radius 2 is 2.41 bits per heavy atom. The van der Waals surface area contributed by atoms with Crippen LogP contribution in [0.3, 0.4) is 0 Å². The molecule has 0 spiro atoms. The third-order valence-corrected chi connectivity index (χ3v) is 3.59. The highest BCUT2D eigenvalue weighted by Crippen LogP contribution is 2.17. The van der Waals surface area contributed by atoms with Gasteiger partial charge in [0, 0.05) is 49.1 Å². The number of aromatic nitrogens is 3. The van der Waals surface area contributed by atoms with Crippen molar-refractivity contribution in [2.75, 3.05) is 13.2 Å². The first-order valence-corrected chi connectivity index (χ1v) is 7.41. The second-order valence-electron chi connectivity index (χ2n) is 5.04. The van der Waals surface area contributed by atoms with Gasteiger partial charge in [0.15, 0.2) is 5.69 Å². The zero-order chi connectivity index (χ0) is 15.4. The fourth-order valence-corrected chi connectivity index (χ4v) is 2.50. The number of rotatable bonds is 5. The maximum absolute atomic E-state index is 12.3. The van der Waals surface area contributed by atoms with E-state index in [4.69, 9.17) is 4.74 Å². The monoisotopic (exact) mass is 301 g/mol. The smallest absolute Gasteiger partial charge is 0.272 e. The van der Waals surface area contributed by atoms with Crippen molar-refractivity contribution < 1.29 is 9.53 Å². The molecular formula is C15H19N5O2. The largest absolute Gasteiger partial charge is 0.478 e. The van der Waals surface area contributed by atoms with Gasteiger partial charge in [-0.15, -0.1) is 0 Å². The van der Waals surface area contributed by atoms with E-state index >= 15 is 0 Å². The van der Waals surface area contributed by atoms with E-state index in [1.54, 1.807) is 6.20 Å². The van der Waals surface area contributed by atoms with Crippen LogP contribution in [-0.2, 0) is 19.5 Å². The van der Waals surface area contributed by atoms with Gasteiger partial charge in [0.1, 0.15) is 0 Å². The molecule has 0 fully saturated rings. The maximum atomic E-state index is 12.3. The Hall–Kier alpha value is -2.41. The minimum atomic E-state index is -0.187. The highest BCUT2D eigenvalue weighted by Gasteiger charge is 2.21. The standard InChI is InChI=1S/C15H19N5O2/c1-2-22-15-10(4-3-6-17-15)8-18-14(21)13-11-9-16-7-5-12(11)19-20-13/h3-4,6,16H,2,5,7-9H2,1H3,(H,18,21)(H,19,20). The number of fused-ring (bicyclic) bond motifs is 1. The van der Waals surface area contributed by atoms with Crippen molar-refractivity contribution in [1.29, 1.82) is 0 Å². The highest BCUT2D eigenvalue weighted by molar-refractivity contribution is 5.94. The number of carbonyl (C=O) groups excluding carboxylic acids is 1. The number of amides is 1. The predicted molar refractivity (Wildman–Crippen MR) is 80.6 cm³/mol. The number of H-pyrrole nitrogens is 1. The predicted octanol–water partition coefficient (Wildman–Crippen LogP) is 0.779. The molecule has 7 nitrogen and oxygen atoms in total. The Bertz CT molecular complexity index is 668. The molecule has 0 saturated heterocycles. The van der Waals surface area contributed by atoms with Gasteiger partial charge in [-0.2, -0.15) is 5.10 Å². The van der Waals surface area contributed by atoms with Crippen LogP contribution >= 0.6 is 0 Å². The van der Waals surface area contributed by atoms with Crippen molar-refractivity contribution in [2.45, 2.75) is 26.4 Å². The van der Waals surface area contributed by atoms with Gasteiger partial charge in [0.2, 0.25) is 5.88 Å². The molecule has 0 bridgehead atoms. The van der Waals surface area contributed by atoms with E-state index in [-0.39, 0.29) is 5.91 Å². The van der Waals surface area contributed by atoms with Gasteiger partial charge in [0.05, 0.1) is 6.61 Å². The molecule has 3 rings (SSSR count). The summed E-state index contributed by atoms with van der Waals surface area (Å²) in [5.74, 6) is 0.364. The molecule has 7 heteroatoms. The average molecular weight is 301 g/mol. The Morgan fingerprint density at radius 1 is 1.50 bits per heavy atom. The van der Waals surface area contributed by atoms with Gasteiger partial charge in [-0.3, -0.25) is 9.89 Å². The summed E-state index contributed by atoms with van der Waals surface area (Å²) < 4.78 is 5.46. The number of hydrogen-bond acceptors (Lipinski definition) is 5. The number of ether oxygens (including phenoxy) is 1. The summed E-state index contributed by atoms with van der Waals surface area (Å²) in [7, 11) is 0. The fourth-order valence-electron chi connectivity index (χ4n) is 2.50. The molecular weight excluding hydrogens is 282 g/mol. The van der Waals surface area contributed by atoms with Crippen LogP contribution < -0.4 is 15.4 Å². The first kappa shape index (κ1) is 14.5. The van der Waals surface area contributed by atoms with Crippen LogP contribution in [-0.4, -0.2) is 34.2 Å². The van der Waals surface area contributed by atoms with Crippen LogP contribution in [0.25, 0.3) is 0 Å². The van der Waals surface area contributed by atoms with Crippen LogP contribution in [0.15, 0.2) is 18.3 Å². The molecule has 2 aromatic heterocycles. The quantitative estimate of drug-likeness (QED) is 0.759. The normalized spacial score (nSPS) is 13.5. The Morgan fingerprint density at radius 3 is 3.27 bits per heavy atom. The lowest BCUT2D eigenvalue weighted by Crippen LogP contribution is -2.28. The number of nitrogens with zero attached hydrogens (tertiary/aromatic N) is 2. The zero-order valence-electron chi connectivity index (χ0n) is 12.5. The molecule has 0 radical (unpaired) electrons. The van der Waals surface area contributed by atoms with Gasteiger partial charge in [-0.25, -0.2) is 4.98 Å². The molecule has 0 aromatic carbocycles. The minimum Gasteiger partial charge on any atom is -0.478 e. The Labute approximate surface area is 128 Å². The number of nitrogens with one attached hydrogen (secondary N) is 3. The minimum absolute atomic E-state index is 0.187. The van der Waals surface area contributed by atoms with Gasteiger partial charge < -0.3 is 15.4 Å². The lowest BCUT2D eigenvalue weighted by atomic mass is 10.1. The van der Waals surface area contributed by atoms with E-state index in [0.717, 1.165) is 29.8 Å². The van der Waals surface area contributed by atoms with Crippen molar-refractivity contribution in [3.63, 3.8) is 0 Å². The van der Waals surface area contributed by atoms with Crippen LogP contribution in [0, 0.1) is 0 Å². The summed E-state index contributed by atoms with van der Waals surface area (Å²) in [4.78, 5) is 16.5. The maximum Gasteiger partial charge on any atom is 0.272 e. The second kappa shape index (κ2) is 6.57. The molecule has 2 aromatic rings. The van der Waals surface area contributed by atoms with E-state index in [9.17, 15) is 4.79 Å². The molecule has 1 amide bonds. The number of pyridine rings is 1. The highest BCUT2D eigenvalue weighted by atomic mass is 16.5. The lowest BCUT2D eigenvalue weighted by Gasteiger charge is -2.13. The molecule has 116 valence electrons. The number of hydrogen-bond donors (Lipinski definition) is 3. The third-order valence-electron chi connectivity index (χ3n) is 3.59. The van der Waals surface area contributed by atoms with E-state index < -0.39 is 0 Å². The molecule has 0 atom stereocenters. The summed E-state index contributed by atoms with van der Waals surface area (Å²) in [6, 6.07) is 3.71. The molecule has 3 heterocycles. The van der Waals surface area contributed by atoms with Crippen LogP contribution in [0.4, 0.5) is 0 Å². The zero-order valence-corrected chi connectivity index (χ0v) is 12.5. The van der Waals surface area contributed by atoms with Crippen molar-refractivity contribution in [1.82, 2.24) is 25.8 Å². The SMILES string of the molecule is CCOc1ncccc1CNC(=O)c1n[nH]c2c1CNCC2. The molecule has 3 N–H and O–H groups in total. The van der Waals surface area contributed by atoms with Crippen molar-refractivity contribution in [3.8, 4) is 5.88 Å². The molecule has 0 saturated carbocycles. The number of carbonyl (C=O) groups is 1. The van der Waals surface area contributed by atoms with Crippen molar-refractivity contribution in [3.05, 3.63) is 40.8 Å². The Balaban J connectivity index is 1.69. The first-order valence-electron chi connectivity index (χ1n) is 7.41. The van der Waals surface area contributed by atoms with Gasteiger partial charge in [-0.05, 0) is 13.0 Å². The first-order chi connectivity index (χ1) is 10.8.